The molecule has 17 heavy (non-hydrogen) atoms. The van der Waals surface area contributed by atoms with E-state index in [0.29, 0.717) is 11.5 Å². The minimum atomic E-state index is 0.237. The summed E-state index contributed by atoms with van der Waals surface area (Å²) in [7, 11) is 0. The maximum Gasteiger partial charge on any atom is 0.142 e. The molecule has 3 rings (SSSR count). The van der Waals surface area contributed by atoms with E-state index in [1.807, 2.05) is 18.2 Å². The Labute approximate surface area is 103 Å². The minimum Gasteiger partial charge on any atom is -0.485 e. The van der Waals surface area contributed by atoms with Crippen molar-refractivity contribution in [3.8, 4) is 5.75 Å². The van der Waals surface area contributed by atoms with E-state index in [4.69, 9.17) is 4.74 Å². The highest BCUT2D eigenvalue weighted by Crippen LogP contribution is 2.44. The first-order valence-electron chi connectivity index (χ1n) is 6.38. The van der Waals surface area contributed by atoms with E-state index in [1.54, 1.807) is 0 Å². The topological polar surface area (TPSA) is 33.3 Å². The van der Waals surface area contributed by atoms with Crippen molar-refractivity contribution in [3.05, 3.63) is 24.3 Å². The van der Waals surface area contributed by atoms with Crippen molar-refractivity contribution in [1.82, 2.24) is 5.32 Å². The summed E-state index contributed by atoms with van der Waals surface area (Å²) in [5.41, 5.74) is 1.59. The van der Waals surface area contributed by atoms with E-state index < -0.39 is 0 Å². The standard InChI is InChI=1S/C14H20N2O/c1-14(2)7-13(14)16-9-10-8-15-11-5-3-4-6-12(11)17-10/h3-6,10,13,15-16H,7-9H2,1-2H3. The van der Waals surface area contributed by atoms with Crippen LogP contribution < -0.4 is 15.4 Å². The van der Waals surface area contributed by atoms with Crippen molar-refractivity contribution in [2.24, 2.45) is 5.41 Å². The van der Waals surface area contributed by atoms with Crippen molar-refractivity contribution in [1.29, 1.82) is 0 Å². The Morgan fingerprint density at radius 2 is 2.18 bits per heavy atom. The van der Waals surface area contributed by atoms with Crippen LogP contribution in [0.5, 0.6) is 5.75 Å². The third-order valence-electron chi connectivity index (χ3n) is 3.81. The summed E-state index contributed by atoms with van der Waals surface area (Å²) >= 11 is 0. The Balaban J connectivity index is 1.54. The van der Waals surface area contributed by atoms with Gasteiger partial charge in [-0.2, -0.15) is 0 Å². The van der Waals surface area contributed by atoms with E-state index in [-0.39, 0.29) is 6.10 Å². The largest absolute Gasteiger partial charge is 0.485 e. The quantitative estimate of drug-likeness (QED) is 0.838. The van der Waals surface area contributed by atoms with Crippen molar-refractivity contribution in [2.45, 2.75) is 32.4 Å². The predicted molar refractivity (Wildman–Crippen MR) is 69.5 cm³/mol. The first kappa shape index (κ1) is 10.9. The first-order valence-corrected chi connectivity index (χ1v) is 6.38. The molecule has 1 heterocycles. The van der Waals surface area contributed by atoms with Crippen LogP contribution in [0.3, 0.4) is 0 Å². The van der Waals surface area contributed by atoms with E-state index in [2.05, 4.69) is 30.5 Å². The number of benzene rings is 1. The molecule has 3 heteroatoms. The summed E-state index contributed by atoms with van der Waals surface area (Å²) in [5, 5.41) is 6.99. The molecule has 1 saturated carbocycles. The first-order chi connectivity index (χ1) is 8.15. The van der Waals surface area contributed by atoms with Crippen molar-refractivity contribution >= 4 is 5.69 Å². The number of fused-ring (bicyclic) bond motifs is 1. The summed E-state index contributed by atoms with van der Waals surface area (Å²) in [6.07, 6.45) is 1.52. The fraction of sp³-hybridized carbons (Fsp3) is 0.571. The zero-order valence-electron chi connectivity index (χ0n) is 10.5. The maximum absolute atomic E-state index is 5.95. The molecule has 0 bridgehead atoms. The van der Waals surface area contributed by atoms with Gasteiger partial charge >= 0.3 is 0 Å². The van der Waals surface area contributed by atoms with Crippen LogP contribution >= 0.6 is 0 Å². The summed E-state index contributed by atoms with van der Waals surface area (Å²) in [5.74, 6) is 0.973. The second-order valence-electron chi connectivity index (χ2n) is 5.77. The van der Waals surface area contributed by atoms with Crippen molar-refractivity contribution in [2.75, 3.05) is 18.4 Å². The normalized spacial score (nSPS) is 28.8. The van der Waals surface area contributed by atoms with Gasteiger partial charge in [-0.05, 0) is 24.0 Å². The van der Waals surface area contributed by atoms with E-state index in [1.165, 1.54) is 6.42 Å². The van der Waals surface area contributed by atoms with Gasteiger partial charge in [-0.1, -0.05) is 26.0 Å². The lowest BCUT2D eigenvalue weighted by molar-refractivity contribution is 0.200. The molecule has 1 aromatic rings. The zero-order chi connectivity index (χ0) is 11.9. The molecule has 1 aromatic carbocycles. The van der Waals surface area contributed by atoms with E-state index in [0.717, 1.165) is 24.5 Å². The molecular formula is C14H20N2O. The SMILES string of the molecule is CC1(C)CC1NCC1CNc2ccccc2O1. The van der Waals surface area contributed by atoms with Crippen LogP contribution in [-0.4, -0.2) is 25.2 Å². The molecule has 1 aliphatic carbocycles. The van der Waals surface area contributed by atoms with Crippen LogP contribution in [0, 0.1) is 5.41 Å². The van der Waals surface area contributed by atoms with Crippen LogP contribution in [-0.2, 0) is 0 Å². The molecule has 2 atom stereocenters. The number of hydrogen-bond acceptors (Lipinski definition) is 3. The van der Waals surface area contributed by atoms with Crippen LogP contribution in [0.25, 0.3) is 0 Å². The highest BCUT2D eigenvalue weighted by molar-refractivity contribution is 5.57. The minimum absolute atomic E-state index is 0.237. The zero-order valence-corrected chi connectivity index (χ0v) is 10.5. The van der Waals surface area contributed by atoms with Gasteiger partial charge in [-0.15, -0.1) is 0 Å². The lowest BCUT2D eigenvalue weighted by atomic mass is 10.2. The molecule has 1 aliphatic heterocycles. The van der Waals surface area contributed by atoms with Gasteiger partial charge in [0.15, 0.2) is 0 Å². The summed E-state index contributed by atoms with van der Waals surface area (Å²) in [6.45, 7) is 6.42. The molecule has 2 N–H and O–H groups in total. The van der Waals surface area contributed by atoms with Gasteiger partial charge in [-0.25, -0.2) is 0 Å². The Hall–Kier alpha value is -1.22. The molecule has 3 nitrogen and oxygen atoms in total. The number of anilines is 1. The van der Waals surface area contributed by atoms with E-state index in [9.17, 15) is 0 Å². The fourth-order valence-corrected chi connectivity index (χ4v) is 2.36. The molecule has 92 valence electrons. The smallest absolute Gasteiger partial charge is 0.142 e. The average molecular weight is 232 g/mol. The average Bonchev–Trinajstić information content (AvgIpc) is 2.94. The number of rotatable bonds is 3. The predicted octanol–water partition coefficient (Wildman–Crippen LogP) is 2.25. The lowest BCUT2D eigenvalue weighted by Crippen LogP contribution is -2.40. The van der Waals surface area contributed by atoms with Gasteiger partial charge in [0.05, 0.1) is 12.2 Å². The highest BCUT2D eigenvalue weighted by atomic mass is 16.5. The molecule has 0 radical (unpaired) electrons. The third kappa shape index (κ3) is 2.25. The Bertz CT molecular complexity index is 416. The van der Waals surface area contributed by atoms with E-state index >= 15 is 0 Å². The van der Waals surface area contributed by atoms with Crippen LogP contribution in [0.1, 0.15) is 20.3 Å². The molecule has 0 spiro atoms. The van der Waals surface area contributed by atoms with Gasteiger partial charge in [0.25, 0.3) is 0 Å². The van der Waals surface area contributed by atoms with Gasteiger partial charge in [-0.3, -0.25) is 0 Å². The molecular weight excluding hydrogens is 212 g/mol. The number of hydrogen-bond donors (Lipinski definition) is 2. The van der Waals surface area contributed by atoms with Crippen LogP contribution in [0.15, 0.2) is 24.3 Å². The Morgan fingerprint density at radius 3 is 2.94 bits per heavy atom. The van der Waals surface area contributed by atoms with Gasteiger partial charge < -0.3 is 15.4 Å². The van der Waals surface area contributed by atoms with Crippen LogP contribution in [0.2, 0.25) is 0 Å². The molecule has 0 aromatic heterocycles. The van der Waals surface area contributed by atoms with Gasteiger partial charge in [0.1, 0.15) is 11.9 Å². The summed E-state index contributed by atoms with van der Waals surface area (Å²) < 4.78 is 5.95. The summed E-state index contributed by atoms with van der Waals surface area (Å²) in [6, 6.07) is 8.79. The summed E-state index contributed by atoms with van der Waals surface area (Å²) in [4.78, 5) is 0. The van der Waals surface area contributed by atoms with Crippen molar-refractivity contribution < 1.29 is 4.74 Å². The molecule has 0 saturated heterocycles. The van der Waals surface area contributed by atoms with Gasteiger partial charge in [0, 0.05) is 12.6 Å². The van der Waals surface area contributed by atoms with Gasteiger partial charge in [0.2, 0.25) is 0 Å². The van der Waals surface area contributed by atoms with Crippen LogP contribution in [0.4, 0.5) is 5.69 Å². The molecule has 0 amide bonds. The molecule has 2 unspecified atom stereocenters. The lowest BCUT2D eigenvalue weighted by Gasteiger charge is -2.27. The highest BCUT2D eigenvalue weighted by Gasteiger charge is 2.45. The van der Waals surface area contributed by atoms with Crippen molar-refractivity contribution in [3.63, 3.8) is 0 Å². The second-order valence-corrected chi connectivity index (χ2v) is 5.77. The monoisotopic (exact) mass is 232 g/mol. The maximum atomic E-state index is 5.95. The number of nitrogens with one attached hydrogen (secondary N) is 2. The fourth-order valence-electron chi connectivity index (χ4n) is 2.36. The number of para-hydroxylation sites is 2. The molecule has 1 fully saturated rings. The third-order valence-corrected chi connectivity index (χ3v) is 3.81. The second kappa shape index (κ2) is 3.91. The Morgan fingerprint density at radius 1 is 1.41 bits per heavy atom. The molecule has 2 aliphatic rings. The number of ether oxygens (including phenoxy) is 1. The Kier molecular flexibility index (Phi) is 2.51.